The summed E-state index contributed by atoms with van der Waals surface area (Å²) >= 11 is 0. The summed E-state index contributed by atoms with van der Waals surface area (Å²) in [6, 6.07) is -5.29. The van der Waals surface area contributed by atoms with E-state index in [1.807, 2.05) is 0 Å². The molecule has 18 nitrogen and oxygen atoms in total. The molecular formula is C24H36N8O10. The van der Waals surface area contributed by atoms with Crippen LogP contribution in [-0.2, 0) is 33.5 Å². The molecule has 0 aliphatic carbocycles. The number of nitrogens with one attached hydrogen (secondary N) is 4. The van der Waals surface area contributed by atoms with E-state index in [4.69, 9.17) is 4.74 Å². The summed E-state index contributed by atoms with van der Waals surface area (Å²) in [4.78, 5) is 79.8. The van der Waals surface area contributed by atoms with Gasteiger partial charge in [-0.3, -0.25) is 34.0 Å². The number of aliphatic hydroxyl groups excluding tert-OH is 3. The molecule has 0 radical (unpaired) electrons. The third-order valence-corrected chi connectivity index (χ3v) is 7.59. The highest BCUT2D eigenvalue weighted by molar-refractivity contribution is 5.97. The molecule has 232 valence electrons. The highest BCUT2D eigenvalue weighted by Crippen LogP contribution is 2.21. The molecule has 0 aromatic carbocycles. The fourth-order valence-electron chi connectivity index (χ4n) is 5.12. The molecule has 18 heteroatoms. The van der Waals surface area contributed by atoms with Crippen molar-refractivity contribution in [3.63, 3.8) is 0 Å². The fraction of sp³-hybridized carbons (Fsp3) is 0.708. The molecule has 4 heterocycles. The standard InChI is InChI=1S/C24H36N8O10/c1-12-21(39)31-14(6-4-8-26-31)22(40)30-13(5-3-7-25-30)19(37)29-24(2,11-33)23(41)42-10-16(35)32-17(20(38)28-12)18(36)15(34)9-27-32/h9,12-15,17-18,25-26,33-34,36H,3-8,10-11H2,1-2H3,(H,28,38)(H,29,37)/t12-,13-,14+,15-,17+,18-,24-/m0/s1. The zero-order valence-electron chi connectivity index (χ0n) is 23.2. The van der Waals surface area contributed by atoms with Crippen LogP contribution in [0.15, 0.2) is 5.10 Å². The van der Waals surface area contributed by atoms with Crippen molar-refractivity contribution < 1.29 is 48.8 Å². The van der Waals surface area contributed by atoms with Crippen molar-refractivity contribution in [2.24, 2.45) is 5.10 Å². The number of aliphatic hydroxyl groups is 3. The first-order valence-corrected chi connectivity index (χ1v) is 13.7. The zero-order chi connectivity index (χ0) is 30.8. The Balaban J connectivity index is 1.72. The smallest absolute Gasteiger partial charge is 0.334 e. The number of rotatable bonds is 1. The van der Waals surface area contributed by atoms with Crippen molar-refractivity contribution >= 4 is 41.7 Å². The Hall–Kier alpha value is -3.71. The van der Waals surface area contributed by atoms with Gasteiger partial charge in [0.05, 0.1) is 12.8 Å². The lowest BCUT2D eigenvalue weighted by Crippen LogP contribution is -2.69. The third-order valence-electron chi connectivity index (χ3n) is 7.59. The first-order valence-electron chi connectivity index (χ1n) is 13.7. The van der Waals surface area contributed by atoms with Gasteiger partial charge in [-0.25, -0.2) is 20.7 Å². The topological polar surface area (TPSA) is 243 Å². The maximum Gasteiger partial charge on any atom is 0.334 e. The summed E-state index contributed by atoms with van der Waals surface area (Å²) in [6.45, 7) is 1.26. The Morgan fingerprint density at radius 1 is 0.976 bits per heavy atom. The minimum atomic E-state index is -2.03. The number of cyclic esters (lactones) is 1. The van der Waals surface area contributed by atoms with E-state index in [9.17, 15) is 44.1 Å². The Morgan fingerprint density at radius 2 is 1.60 bits per heavy atom. The second kappa shape index (κ2) is 12.7. The van der Waals surface area contributed by atoms with Crippen LogP contribution in [0.4, 0.5) is 0 Å². The predicted octanol–water partition coefficient (Wildman–Crippen LogP) is -5.18. The van der Waals surface area contributed by atoms with E-state index in [0.717, 1.165) is 16.2 Å². The molecule has 4 aliphatic heterocycles. The normalized spacial score (nSPS) is 35.7. The van der Waals surface area contributed by atoms with Gasteiger partial charge in [-0.05, 0) is 39.5 Å². The number of carbonyl (C=O) groups excluding carboxylic acids is 6. The zero-order valence-corrected chi connectivity index (χ0v) is 23.2. The Morgan fingerprint density at radius 3 is 2.24 bits per heavy atom. The monoisotopic (exact) mass is 596 g/mol. The van der Waals surface area contributed by atoms with Crippen LogP contribution < -0.4 is 21.5 Å². The summed E-state index contributed by atoms with van der Waals surface area (Å²) in [7, 11) is 0. The Labute approximate surface area is 240 Å². The van der Waals surface area contributed by atoms with Crippen LogP contribution >= 0.6 is 0 Å². The van der Waals surface area contributed by atoms with E-state index in [1.165, 1.54) is 13.8 Å². The number of hydrogen-bond acceptors (Lipinski definition) is 13. The molecule has 7 N–H and O–H groups in total. The average Bonchev–Trinajstić information content (AvgIpc) is 2.99. The average molecular weight is 597 g/mol. The molecule has 0 spiro atoms. The lowest BCUT2D eigenvalue weighted by atomic mass is 9.99. The summed E-state index contributed by atoms with van der Waals surface area (Å²) in [5.74, 6) is -5.43. The molecule has 0 aromatic rings. The van der Waals surface area contributed by atoms with Crippen LogP contribution in [0.3, 0.4) is 0 Å². The van der Waals surface area contributed by atoms with E-state index in [2.05, 4.69) is 26.6 Å². The maximum absolute atomic E-state index is 13.8. The van der Waals surface area contributed by atoms with E-state index < -0.39 is 90.6 Å². The van der Waals surface area contributed by atoms with Crippen molar-refractivity contribution in [3.8, 4) is 0 Å². The van der Waals surface area contributed by atoms with Crippen LogP contribution in [0, 0.1) is 0 Å². The molecular weight excluding hydrogens is 560 g/mol. The van der Waals surface area contributed by atoms with Crippen molar-refractivity contribution in [3.05, 3.63) is 0 Å². The number of ether oxygens (including phenoxy) is 1. The van der Waals surface area contributed by atoms with Crippen molar-refractivity contribution in [1.82, 2.24) is 36.5 Å². The van der Waals surface area contributed by atoms with E-state index in [1.54, 1.807) is 0 Å². The van der Waals surface area contributed by atoms with Crippen LogP contribution in [0.1, 0.15) is 39.5 Å². The highest BCUT2D eigenvalue weighted by atomic mass is 16.5. The molecule has 7 atom stereocenters. The SMILES string of the molecule is C[C@@H]1NC(=O)[C@H]2[C@@H](O)[C@@H](O)C=NN2C(=O)COC(=O)[C@](C)(CO)NC(=O)[C@@H]2CCCNN2C(=O)[C@H]2CCCNN2C1=O. The van der Waals surface area contributed by atoms with E-state index in [-0.39, 0.29) is 12.8 Å². The number of carbonyl (C=O) groups is 6. The lowest BCUT2D eigenvalue weighted by Gasteiger charge is -2.43. The van der Waals surface area contributed by atoms with Crippen molar-refractivity contribution in [2.45, 2.75) is 81.4 Å². The first kappa shape index (κ1) is 31.2. The number of nitrogens with zero attached hydrogens (tertiary/aromatic N) is 4. The molecule has 4 rings (SSSR count). The molecule has 0 bridgehead atoms. The number of esters is 1. The second-order valence-electron chi connectivity index (χ2n) is 10.8. The molecule has 0 saturated carbocycles. The number of hydrazone groups is 1. The van der Waals surface area contributed by atoms with Crippen LogP contribution in [0.25, 0.3) is 0 Å². The number of hydrogen-bond donors (Lipinski definition) is 7. The number of fused-ring (bicyclic) bond motifs is 3. The largest absolute Gasteiger partial charge is 0.454 e. The van der Waals surface area contributed by atoms with Crippen LogP contribution in [-0.4, -0.2) is 140 Å². The molecule has 5 amide bonds. The van der Waals surface area contributed by atoms with Gasteiger partial charge in [0, 0.05) is 13.1 Å². The minimum Gasteiger partial charge on any atom is -0.454 e. The van der Waals surface area contributed by atoms with Crippen LogP contribution in [0.2, 0.25) is 0 Å². The summed E-state index contributed by atoms with van der Waals surface area (Å²) < 4.78 is 5.05. The van der Waals surface area contributed by atoms with Gasteiger partial charge in [0.1, 0.15) is 30.3 Å². The van der Waals surface area contributed by atoms with Gasteiger partial charge >= 0.3 is 5.97 Å². The quantitative estimate of drug-likeness (QED) is 0.141. The van der Waals surface area contributed by atoms with Gasteiger partial charge < -0.3 is 30.7 Å². The van der Waals surface area contributed by atoms with Crippen molar-refractivity contribution in [1.29, 1.82) is 0 Å². The Bertz CT molecular complexity index is 1150. The minimum absolute atomic E-state index is 0.211. The van der Waals surface area contributed by atoms with Gasteiger partial charge in [0.15, 0.2) is 18.2 Å². The highest BCUT2D eigenvalue weighted by Gasteiger charge is 2.47. The van der Waals surface area contributed by atoms with Gasteiger partial charge in [-0.1, -0.05) is 0 Å². The number of amides is 5. The van der Waals surface area contributed by atoms with E-state index >= 15 is 0 Å². The van der Waals surface area contributed by atoms with Gasteiger partial charge in [0.25, 0.3) is 17.7 Å². The molecule has 0 aromatic heterocycles. The van der Waals surface area contributed by atoms with E-state index in [0.29, 0.717) is 30.9 Å². The lowest BCUT2D eigenvalue weighted by molar-refractivity contribution is -0.166. The molecule has 3 fully saturated rings. The summed E-state index contributed by atoms with van der Waals surface area (Å²) in [5, 5.41) is 41.8. The molecule has 0 unspecified atom stereocenters. The maximum atomic E-state index is 13.8. The molecule has 4 aliphatic rings. The predicted molar refractivity (Wildman–Crippen MR) is 139 cm³/mol. The first-order chi connectivity index (χ1) is 19.9. The summed E-state index contributed by atoms with van der Waals surface area (Å²) in [5.41, 5.74) is 3.72. The molecule has 42 heavy (non-hydrogen) atoms. The fourth-order valence-corrected chi connectivity index (χ4v) is 5.12. The summed E-state index contributed by atoms with van der Waals surface area (Å²) in [6.07, 6.45) is -1.23. The van der Waals surface area contributed by atoms with Gasteiger partial charge in [0.2, 0.25) is 11.8 Å². The Kier molecular flexibility index (Phi) is 9.41. The van der Waals surface area contributed by atoms with Crippen molar-refractivity contribution in [2.75, 3.05) is 26.3 Å². The van der Waals surface area contributed by atoms with Gasteiger partial charge in [-0.15, -0.1) is 0 Å². The molecule has 3 saturated heterocycles. The van der Waals surface area contributed by atoms with Crippen LogP contribution in [0.5, 0.6) is 0 Å². The number of hydrazine groups is 2. The van der Waals surface area contributed by atoms with Gasteiger partial charge in [-0.2, -0.15) is 5.10 Å². The second-order valence-corrected chi connectivity index (χ2v) is 10.8. The third kappa shape index (κ3) is 6.07.